The van der Waals surface area contributed by atoms with Crippen LogP contribution in [0.3, 0.4) is 0 Å². The normalized spacial score (nSPS) is 13.5. The highest BCUT2D eigenvalue weighted by molar-refractivity contribution is 7.14. The van der Waals surface area contributed by atoms with E-state index in [1.807, 2.05) is 36.4 Å². The molecule has 3 aromatic rings. The third kappa shape index (κ3) is 2.89. The van der Waals surface area contributed by atoms with E-state index in [0.29, 0.717) is 16.8 Å². The Hall–Kier alpha value is -3.31. The molecular weight excluding hydrogens is 346 g/mol. The number of rotatable bonds is 4. The molecule has 0 N–H and O–H groups in total. The van der Waals surface area contributed by atoms with E-state index in [0.717, 1.165) is 15.3 Å². The summed E-state index contributed by atoms with van der Waals surface area (Å²) >= 11 is 1.45. The van der Waals surface area contributed by atoms with Crippen LogP contribution in [0, 0.1) is 0 Å². The summed E-state index contributed by atoms with van der Waals surface area (Å²) in [5.41, 5.74) is 2.76. The molecule has 1 aliphatic heterocycles. The van der Waals surface area contributed by atoms with Crippen molar-refractivity contribution in [3.05, 3.63) is 89.3 Å². The van der Waals surface area contributed by atoms with Crippen LogP contribution < -0.4 is 4.90 Å². The van der Waals surface area contributed by atoms with Gasteiger partial charge >= 0.3 is 0 Å². The molecule has 0 spiro atoms. The van der Waals surface area contributed by atoms with Crippen molar-refractivity contribution in [3.63, 3.8) is 0 Å². The lowest BCUT2D eigenvalue weighted by atomic mass is 10.0. The van der Waals surface area contributed by atoms with E-state index in [1.165, 1.54) is 23.5 Å². The quantitative estimate of drug-likeness (QED) is 0.521. The summed E-state index contributed by atoms with van der Waals surface area (Å²) in [7, 11) is 0. The maximum atomic E-state index is 12.5. The standard InChI is InChI=1S/C21H13NO3S/c23-19-10-11-20(24)22(19)17-12-18(26-13-17)14-6-8-16(9-7-14)21(25)15-4-2-1-3-5-15/h1-13H. The zero-order valence-corrected chi connectivity index (χ0v) is 14.4. The fourth-order valence-electron chi connectivity index (χ4n) is 2.79. The Balaban J connectivity index is 1.57. The maximum absolute atomic E-state index is 12.5. The molecule has 0 aliphatic carbocycles. The van der Waals surface area contributed by atoms with Crippen molar-refractivity contribution in [1.29, 1.82) is 0 Å². The first-order chi connectivity index (χ1) is 12.6. The molecule has 0 unspecified atom stereocenters. The molecular formula is C21H13NO3S. The molecule has 2 amide bonds. The molecule has 2 heterocycles. The highest BCUT2D eigenvalue weighted by Gasteiger charge is 2.26. The molecule has 4 nitrogen and oxygen atoms in total. The Labute approximate surface area is 154 Å². The number of hydrogen-bond donors (Lipinski definition) is 0. The van der Waals surface area contributed by atoms with Gasteiger partial charge in [0.05, 0.1) is 5.69 Å². The molecule has 26 heavy (non-hydrogen) atoms. The van der Waals surface area contributed by atoms with Crippen molar-refractivity contribution in [2.24, 2.45) is 0 Å². The molecule has 1 aromatic heterocycles. The number of anilines is 1. The van der Waals surface area contributed by atoms with Crippen molar-refractivity contribution in [2.75, 3.05) is 4.90 Å². The summed E-state index contributed by atoms with van der Waals surface area (Å²) in [4.78, 5) is 38.1. The van der Waals surface area contributed by atoms with Crippen molar-refractivity contribution >= 4 is 34.6 Å². The minimum Gasteiger partial charge on any atom is -0.289 e. The van der Waals surface area contributed by atoms with E-state index in [-0.39, 0.29) is 17.6 Å². The summed E-state index contributed by atoms with van der Waals surface area (Å²) in [6.45, 7) is 0. The molecule has 0 saturated heterocycles. The minimum atomic E-state index is -0.330. The number of amides is 2. The van der Waals surface area contributed by atoms with E-state index in [9.17, 15) is 14.4 Å². The predicted molar refractivity (Wildman–Crippen MR) is 101 cm³/mol. The number of nitrogens with zero attached hydrogens (tertiary/aromatic N) is 1. The number of imide groups is 1. The van der Waals surface area contributed by atoms with Gasteiger partial charge in [0.25, 0.3) is 11.8 Å². The minimum absolute atomic E-state index is 0.0247. The first kappa shape index (κ1) is 16.2. The SMILES string of the molecule is O=C(c1ccccc1)c1ccc(-c2cc(N3C(=O)C=CC3=O)cs2)cc1. The van der Waals surface area contributed by atoms with Crippen LogP contribution in [0.2, 0.25) is 0 Å². The summed E-state index contributed by atoms with van der Waals surface area (Å²) in [6, 6.07) is 18.3. The molecule has 0 radical (unpaired) electrons. The lowest BCUT2D eigenvalue weighted by molar-refractivity contribution is -0.119. The second-order valence-electron chi connectivity index (χ2n) is 5.79. The van der Waals surface area contributed by atoms with Gasteiger partial charge in [-0.1, -0.05) is 54.6 Å². The van der Waals surface area contributed by atoms with Gasteiger partial charge in [0.1, 0.15) is 0 Å². The Kier molecular flexibility index (Phi) is 4.07. The van der Waals surface area contributed by atoms with Gasteiger partial charge in [0, 0.05) is 33.5 Å². The van der Waals surface area contributed by atoms with E-state index >= 15 is 0 Å². The zero-order valence-electron chi connectivity index (χ0n) is 13.6. The lowest BCUT2D eigenvalue weighted by Gasteiger charge is -2.10. The van der Waals surface area contributed by atoms with Gasteiger partial charge in [-0.2, -0.15) is 0 Å². The van der Waals surface area contributed by atoms with Crippen LogP contribution in [0.1, 0.15) is 15.9 Å². The fourth-order valence-corrected chi connectivity index (χ4v) is 3.67. The summed E-state index contributed by atoms with van der Waals surface area (Å²) in [5.74, 6) is -0.685. The van der Waals surface area contributed by atoms with E-state index in [4.69, 9.17) is 0 Å². The molecule has 0 atom stereocenters. The highest BCUT2D eigenvalue weighted by Crippen LogP contribution is 2.33. The topological polar surface area (TPSA) is 54.5 Å². The van der Waals surface area contributed by atoms with Crippen LogP contribution in [0.15, 0.2) is 78.2 Å². The molecule has 5 heteroatoms. The van der Waals surface area contributed by atoms with Crippen LogP contribution in [0.25, 0.3) is 10.4 Å². The van der Waals surface area contributed by atoms with Gasteiger partial charge in [0.2, 0.25) is 0 Å². The predicted octanol–water partition coefficient (Wildman–Crippen LogP) is 4.08. The molecule has 0 saturated carbocycles. The number of hydrogen-bond acceptors (Lipinski definition) is 4. The number of benzene rings is 2. The summed E-state index contributed by atoms with van der Waals surface area (Å²) < 4.78 is 0. The molecule has 1 aliphatic rings. The van der Waals surface area contributed by atoms with E-state index < -0.39 is 0 Å². The van der Waals surface area contributed by atoms with Gasteiger partial charge < -0.3 is 0 Å². The van der Waals surface area contributed by atoms with Crippen LogP contribution in [-0.2, 0) is 9.59 Å². The Morgan fingerprint density at radius 2 is 1.42 bits per heavy atom. The monoisotopic (exact) mass is 359 g/mol. The Morgan fingerprint density at radius 3 is 2.08 bits per heavy atom. The van der Waals surface area contributed by atoms with Gasteiger partial charge in [-0.05, 0) is 11.6 Å². The third-order valence-corrected chi connectivity index (χ3v) is 5.09. The number of thiophene rings is 1. The fraction of sp³-hybridized carbons (Fsp3) is 0. The average molecular weight is 359 g/mol. The number of ketones is 1. The van der Waals surface area contributed by atoms with Crippen LogP contribution in [0.4, 0.5) is 5.69 Å². The van der Waals surface area contributed by atoms with Gasteiger partial charge in [0.15, 0.2) is 5.78 Å². The summed E-state index contributed by atoms with van der Waals surface area (Å²) in [6.07, 6.45) is 2.54. The number of carbonyl (C=O) groups is 3. The number of carbonyl (C=O) groups excluding carboxylic acids is 3. The second kappa shape index (κ2) is 6.54. The molecule has 0 bridgehead atoms. The smallest absolute Gasteiger partial charge is 0.258 e. The molecule has 2 aromatic carbocycles. The summed E-state index contributed by atoms with van der Waals surface area (Å²) in [5, 5.41) is 1.78. The van der Waals surface area contributed by atoms with E-state index in [1.54, 1.807) is 29.6 Å². The first-order valence-corrected chi connectivity index (χ1v) is 8.86. The van der Waals surface area contributed by atoms with Crippen molar-refractivity contribution in [1.82, 2.24) is 0 Å². The van der Waals surface area contributed by atoms with Gasteiger partial charge in [-0.15, -0.1) is 11.3 Å². The highest BCUT2D eigenvalue weighted by atomic mass is 32.1. The lowest BCUT2D eigenvalue weighted by Crippen LogP contribution is -2.28. The molecule has 126 valence electrons. The Morgan fingerprint density at radius 1 is 0.808 bits per heavy atom. The van der Waals surface area contributed by atoms with Gasteiger partial charge in [-0.25, -0.2) is 4.90 Å². The van der Waals surface area contributed by atoms with E-state index in [2.05, 4.69) is 0 Å². The van der Waals surface area contributed by atoms with Crippen molar-refractivity contribution in [2.45, 2.75) is 0 Å². The Bertz CT molecular complexity index is 1010. The van der Waals surface area contributed by atoms with Crippen LogP contribution in [-0.4, -0.2) is 17.6 Å². The molecule has 0 fully saturated rings. The maximum Gasteiger partial charge on any atom is 0.258 e. The van der Waals surface area contributed by atoms with Crippen molar-refractivity contribution < 1.29 is 14.4 Å². The third-order valence-electron chi connectivity index (χ3n) is 4.12. The van der Waals surface area contributed by atoms with Gasteiger partial charge in [-0.3, -0.25) is 14.4 Å². The zero-order chi connectivity index (χ0) is 18.1. The second-order valence-corrected chi connectivity index (χ2v) is 6.70. The van der Waals surface area contributed by atoms with Crippen LogP contribution >= 0.6 is 11.3 Å². The molecule has 4 rings (SSSR count). The van der Waals surface area contributed by atoms with Crippen molar-refractivity contribution in [3.8, 4) is 10.4 Å². The first-order valence-electron chi connectivity index (χ1n) is 7.98. The van der Waals surface area contributed by atoms with Crippen LogP contribution in [0.5, 0.6) is 0 Å². The average Bonchev–Trinajstić information content (AvgIpc) is 3.28. The largest absolute Gasteiger partial charge is 0.289 e.